The second kappa shape index (κ2) is 3.71. The first-order valence-electron chi connectivity index (χ1n) is 4.05. The van der Waals surface area contributed by atoms with Crippen LogP contribution in [-0.4, -0.2) is 18.9 Å². The third kappa shape index (κ3) is 1.81. The Morgan fingerprint density at radius 2 is 2.50 bits per heavy atom. The summed E-state index contributed by atoms with van der Waals surface area (Å²) in [7, 11) is 0. The zero-order chi connectivity index (χ0) is 7.40. The minimum atomic E-state index is 0.150. The summed E-state index contributed by atoms with van der Waals surface area (Å²) in [5.41, 5.74) is 0. The number of carbonyl (C=O) groups excluding carboxylic acids is 1. The summed E-state index contributed by atoms with van der Waals surface area (Å²) >= 11 is 0. The molecule has 1 fully saturated rings. The lowest BCUT2D eigenvalue weighted by Gasteiger charge is -2.03. The van der Waals surface area contributed by atoms with Crippen molar-refractivity contribution in [2.45, 2.75) is 32.2 Å². The SMILES string of the molecule is CCC[C@H]1CNC(C=O)C1. The van der Waals surface area contributed by atoms with Crippen LogP contribution in [0.15, 0.2) is 0 Å². The standard InChI is InChI=1S/C8H15NO/c1-2-3-7-4-8(6-10)9-5-7/h6-9H,2-5H2,1H3/t7-,8?/m1/s1. The highest BCUT2D eigenvalue weighted by Gasteiger charge is 2.21. The Balaban J connectivity index is 2.21. The molecule has 1 heterocycles. The summed E-state index contributed by atoms with van der Waals surface area (Å²) < 4.78 is 0. The van der Waals surface area contributed by atoms with E-state index in [9.17, 15) is 4.79 Å². The minimum absolute atomic E-state index is 0.150. The van der Waals surface area contributed by atoms with Crippen LogP contribution in [0.25, 0.3) is 0 Å². The molecule has 0 saturated carbocycles. The smallest absolute Gasteiger partial charge is 0.136 e. The highest BCUT2D eigenvalue weighted by molar-refractivity contribution is 5.58. The lowest BCUT2D eigenvalue weighted by Crippen LogP contribution is -2.22. The lowest BCUT2D eigenvalue weighted by molar-refractivity contribution is -0.109. The Labute approximate surface area is 62.0 Å². The van der Waals surface area contributed by atoms with Crippen LogP contribution in [0, 0.1) is 5.92 Å². The van der Waals surface area contributed by atoms with E-state index in [1.54, 1.807) is 0 Å². The minimum Gasteiger partial charge on any atom is -0.307 e. The van der Waals surface area contributed by atoms with Gasteiger partial charge < -0.3 is 10.1 Å². The van der Waals surface area contributed by atoms with Crippen molar-refractivity contribution in [3.8, 4) is 0 Å². The quantitative estimate of drug-likeness (QED) is 0.593. The first-order valence-corrected chi connectivity index (χ1v) is 4.05. The van der Waals surface area contributed by atoms with Crippen molar-refractivity contribution in [3.05, 3.63) is 0 Å². The van der Waals surface area contributed by atoms with Gasteiger partial charge in [-0.1, -0.05) is 13.3 Å². The van der Waals surface area contributed by atoms with Gasteiger partial charge in [-0.2, -0.15) is 0 Å². The fourth-order valence-electron chi connectivity index (χ4n) is 1.58. The van der Waals surface area contributed by atoms with E-state index in [2.05, 4.69) is 12.2 Å². The van der Waals surface area contributed by atoms with Gasteiger partial charge in [0, 0.05) is 0 Å². The molecule has 1 aliphatic heterocycles. The monoisotopic (exact) mass is 141 g/mol. The molecule has 1 N–H and O–H groups in total. The maximum atomic E-state index is 10.3. The number of rotatable bonds is 3. The summed E-state index contributed by atoms with van der Waals surface area (Å²) in [5, 5.41) is 3.17. The Kier molecular flexibility index (Phi) is 2.87. The number of aldehydes is 1. The summed E-state index contributed by atoms with van der Waals surface area (Å²) in [5.74, 6) is 0.750. The topological polar surface area (TPSA) is 29.1 Å². The van der Waals surface area contributed by atoms with Crippen molar-refractivity contribution in [2.75, 3.05) is 6.54 Å². The van der Waals surface area contributed by atoms with Gasteiger partial charge in [0.1, 0.15) is 6.29 Å². The molecule has 2 nitrogen and oxygen atoms in total. The molecule has 10 heavy (non-hydrogen) atoms. The van der Waals surface area contributed by atoms with Crippen molar-refractivity contribution in [3.63, 3.8) is 0 Å². The molecule has 0 aliphatic carbocycles. The van der Waals surface area contributed by atoms with Gasteiger partial charge in [-0.25, -0.2) is 0 Å². The first kappa shape index (κ1) is 7.73. The Morgan fingerprint density at radius 3 is 3.00 bits per heavy atom. The molecule has 2 heteroatoms. The van der Waals surface area contributed by atoms with Crippen LogP contribution < -0.4 is 5.32 Å². The van der Waals surface area contributed by atoms with Crippen LogP contribution in [0.4, 0.5) is 0 Å². The van der Waals surface area contributed by atoms with Crippen molar-refractivity contribution >= 4 is 6.29 Å². The molecule has 1 aliphatic rings. The van der Waals surface area contributed by atoms with Crippen LogP contribution in [0.3, 0.4) is 0 Å². The van der Waals surface area contributed by atoms with Gasteiger partial charge in [0.05, 0.1) is 6.04 Å². The Bertz CT molecular complexity index is 114. The van der Waals surface area contributed by atoms with E-state index in [0.29, 0.717) is 0 Å². The molecule has 0 amide bonds. The zero-order valence-corrected chi connectivity index (χ0v) is 6.47. The summed E-state index contributed by atoms with van der Waals surface area (Å²) in [6.45, 7) is 3.23. The normalized spacial score (nSPS) is 32.5. The molecule has 1 unspecified atom stereocenters. The van der Waals surface area contributed by atoms with Crippen LogP contribution in [0.1, 0.15) is 26.2 Å². The van der Waals surface area contributed by atoms with Gasteiger partial charge in [-0.3, -0.25) is 0 Å². The summed E-state index contributed by atoms with van der Waals surface area (Å²) in [4.78, 5) is 10.3. The third-order valence-electron chi connectivity index (χ3n) is 2.12. The van der Waals surface area contributed by atoms with E-state index in [0.717, 1.165) is 25.2 Å². The number of hydrogen-bond donors (Lipinski definition) is 1. The third-order valence-corrected chi connectivity index (χ3v) is 2.12. The highest BCUT2D eigenvalue weighted by atomic mass is 16.1. The molecule has 0 spiro atoms. The van der Waals surface area contributed by atoms with Crippen LogP contribution in [0.2, 0.25) is 0 Å². The van der Waals surface area contributed by atoms with E-state index < -0.39 is 0 Å². The molecule has 0 radical (unpaired) electrons. The van der Waals surface area contributed by atoms with E-state index in [1.165, 1.54) is 12.8 Å². The molecular weight excluding hydrogens is 126 g/mol. The van der Waals surface area contributed by atoms with Crippen molar-refractivity contribution in [1.29, 1.82) is 0 Å². The first-order chi connectivity index (χ1) is 4.86. The van der Waals surface area contributed by atoms with E-state index in [-0.39, 0.29) is 6.04 Å². The molecule has 1 saturated heterocycles. The number of nitrogens with one attached hydrogen (secondary N) is 1. The fourth-order valence-corrected chi connectivity index (χ4v) is 1.58. The van der Waals surface area contributed by atoms with Crippen molar-refractivity contribution in [1.82, 2.24) is 5.32 Å². The largest absolute Gasteiger partial charge is 0.307 e. The van der Waals surface area contributed by atoms with Gasteiger partial charge in [0.15, 0.2) is 0 Å². The second-order valence-corrected chi connectivity index (χ2v) is 3.04. The Morgan fingerprint density at radius 1 is 1.70 bits per heavy atom. The van der Waals surface area contributed by atoms with Gasteiger partial charge in [-0.15, -0.1) is 0 Å². The van der Waals surface area contributed by atoms with Crippen molar-refractivity contribution < 1.29 is 4.79 Å². The fraction of sp³-hybridized carbons (Fsp3) is 0.875. The second-order valence-electron chi connectivity index (χ2n) is 3.04. The Hall–Kier alpha value is -0.370. The maximum absolute atomic E-state index is 10.3. The average molecular weight is 141 g/mol. The molecule has 0 aromatic heterocycles. The molecule has 58 valence electrons. The van der Waals surface area contributed by atoms with E-state index >= 15 is 0 Å². The zero-order valence-electron chi connectivity index (χ0n) is 6.47. The van der Waals surface area contributed by atoms with Gasteiger partial charge in [0.2, 0.25) is 0 Å². The lowest BCUT2D eigenvalue weighted by atomic mass is 10.0. The maximum Gasteiger partial charge on any atom is 0.136 e. The van der Waals surface area contributed by atoms with Gasteiger partial charge in [0.25, 0.3) is 0 Å². The van der Waals surface area contributed by atoms with Gasteiger partial charge >= 0.3 is 0 Å². The number of hydrogen-bond acceptors (Lipinski definition) is 2. The van der Waals surface area contributed by atoms with E-state index in [1.807, 2.05) is 0 Å². The number of carbonyl (C=O) groups is 1. The van der Waals surface area contributed by atoms with Crippen LogP contribution in [-0.2, 0) is 4.79 Å². The molecule has 0 aromatic carbocycles. The van der Waals surface area contributed by atoms with Gasteiger partial charge in [-0.05, 0) is 25.3 Å². The molecule has 1 rings (SSSR count). The highest BCUT2D eigenvalue weighted by Crippen LogP contribution is 2.17. The summed E-state index contributed by atoms with van der Waals surface area (Å²) in [6.07, 6.45) is 4.57. The van der Waals surface area contributed by atoms with Crippen LogP contribution in [0.5, 0.6) is 0 Å². The molecule has 0 bridgehead atoms. The summed E-state index contributed by atoms with van der Waals surface area (Å²) in [6, 6.07) is 0.150. The molecule has 2 atom stereocenters. The predicted molar refractivity (Wildman–Crippen MR) is 40.9 cm³/mol. The average Bonchev–Trinajstić information content (AvgIpc) is 2.37. The predicted octanol–water partition coefficient (Wildman–Crippen LogP) is 0.964. The van der Waals surface area contributed by atoms with E-state index in [4.69, 9.17) is 0 Å². The van der Waals surface area contributed by atoms with Crippen LogP contribution >= 0.6 is 0 Å². The molecule has 0 aromatic rings. The molecular formula is C8H15NO. The van der Waals surface area contributed by atoms with Crippen molar-refractivity contribution in [2.24, 2.45) is 5.92 Å².